The number of hydrogen-bond donors (Lipinski definition) is 2. The summed E-state index contributed by atoms with van der Waals surface area (Å²) in [6.07, 6.45) is 25.1. The zero-order valence-electron chi connectivity index (χ0n) is 26.4. The molecule has 0 unspecified atom stereocenters. The van der Waals surface area contributed by atoms with Gasteiger partial charge in [-0.15, -0.1) is 0 Å². The van der Waals surface area contributed by atoms with Gasteiger partial charge in [0.2, 0.25) is 0 Å². The zero-order valence-corrected chi connectivity index (χ0v) is 29.2. The third-order valence-electron chi connectivity index (χ3n) is 5.89. The van der Waals surface area contributed by atoms with E-state index >= 15 is 0 Å². The van der Waals surface area contributed by atoms with Crippen molar-refractivity contribution in [3.8, 4) is 0 Å². The van der Waals surface area contributed by atoms with E-state index in [0.29, 0.717) is 26.1 Å². The Morgan fingerprint density at radius 3 is 1.12 bits per heavy atom. The molecule has 10 heteroatoms. The van der Waals surface area contributed by atoms with E-state index in [1.165, 1.54) is 57.8 Å². The van der Waals surface area contributed by atoms with Gasteiger partial charge in [0, 0.05) is 12.8 Å². The summed E-state index contributed by atoms with van der Waals surface area (Å²) in [6.45, 7) is 11.4. The molecule has 0 bridgehead atoms. The average Bonchev–Trinajstić information content (AvgIpc) is 2.87. The molecule has 0 aromatic rings. The van der Waals surface area contributed by atoms with Crippen molar-refractivity contribution in [2.45, 2.75) is 162 Å². The van der Waals surface area contributed by atoms with E-state index in [1.807, 2.05) is 0 Å². The van der Waals surface area contributed by atoms with Crippen LogP contribution in [0.1, 0.15) is 162 Å². The van der Waals surface area contributed by atoms with E-state index in [9.17, 15) is 9.59 Å². The van der Waals surface area contributed by atoms with Crippen LogP contribution >= 0.6 is 0 Å². The number of rotatable bonds is 24. The molecule has 0 fully saturated rings. The molecule has 0 atom stereocenters. The number of unbranched alkanes of at least 4 members (excludes halogenated alkanes) is 16. The molecule has 0 aromatic carbocycles. The first-order chi connectivity index (χ1) is 18.6. The summed E-state index contributed by atoms with van der Waals surface area (Å²) in [7, 11) is -4.67. The first-order valence-corrected chi connectivity index (χ1v) is 16.8. The van der Waals surface area contributed by atoms with Gasteiger partial charge >= 0.3 is 51.9 Å². The van der Waals surface area contributed by atoms with Gasteiger partial charge in [0.1, 0.15) is 0 Å². The molecular weight excluding hydrogens is 543 g/mol. The van der Waals surface area contributed by atoms with Gasteiger partial charge in [-0.1, -0.05) is 117 Å². The standard InChI is InChI=1S/C18H34O4.C12H25.Na.H2O4S/c1-3-5-15-21-17(19)13-11-9-7-8-10-12-14-18(20)22-16-6-4-2;1-3-5-7-9-11-12-10-8-6-4-2;;1-5(2,3)4/h3-16H2,1-2H3;1,3-12H2,2H3;;(H2,1,2,3,4)/q;-1;+1;. The maximum Gasteiger partial charge on any atom is 1.00 e. The van der Waals surface area contributed by atoms with Crippen molar-refractivity contribution in [3.63, 3.8) is 0 Å². The SMILES string of the molecule is CCCCOC(=O)CCCCCCCCC(=O)OCCCC.O=S(=O)(O)O.[CH2-]CCCCCCCCCCC.[Na+]. The summed E-state index contributed by atoms with van der Waals surface area (Å²) >= 11 is 0. The van der Waals surface area contributed by atoms with E-state index < -0.39 is 10.4 Å². The molecule has 0 rings (SSSR count). The third-order valence-corrected chi connectivity index (χ3v) is 5.89. The van der Waals surface area contributed by atoms with Gasteiger partial charge in [0.15, 0.2) is 0 Å². The third kappa shape index (κ3) is 57.7. The number of ether oxygens (including phenoxy) is 2. The van der Waals surface area contributed by atoms with Crippen molar-refractivity contribution in [3.05, 3.63) is 6.92 Å². The van der Waals surface area contributed by atoms with Crippen molar-refractivity contribution in [2.24, 2.45) is 0 Å². The molecule has 0 saturated heterocycles. The molecule has 0 aromatic heterocycles. The van der Waals surface area contributed by atoms with Crippen molar-refractivity contribution >= 4 is 22.3 Å². The van der Waals surface area contributed by atoms with E-state index in [2.05, 4.69) is 27.7 Å². The molecule has 236 valence electrons. The van der Waals surface area contributed by atoms with Crippen LogP contribution in [-0.4, -0.2) is 42.7 Å². The van der Waals surface area contributed by atoms with Crippen LogP contribution < -0.4 is 29.6 Å². The first-order valence-electron chi connectivity index (χ1n) is 15.4. The second-order valence-electron chi connectivity index (χ2n) is 9.90. The van der Waals surface area contributed by atoms with Gasteiger partial charge in [0.05, 0.1) is 13.2 Å². The topological polar surface area (TPSA) is 127 Å². The number of carbonyl (C=O) groups is 2. The number of carbonyl (C=O) groups excluding carboxylic acids is 2. The Morgan fingerprint density at radius 2 is 0.825 bits per heavy atom. The van der Waals surface area contributed by atoms with Crippen molar-refractivity contribution in [1.29, 1.82) is 0 Å². The van der Waals surface area contributed by atoms with Crippen LogP contribution in [0.15, 0.2) is 0 Å². The summed E-state index contributed by atoms with van der Waals surface area (Å²) < 4.78 is 41.8. The van der Waals surface area contributed by atoms with Crippen LogP contribution in [0.25, 0.3) is 0 Å². The number of esters is 2. The van der Waals surface area contributed by atoms with Crippen molar-refractivity contribution < 1.29 is 66.1 Å². The summed E-state index contributed by atoms with van der Waals surface area (Å²) in [4.78, 5) is 22.7. The van der Waals surface area contributed by atoms with Crippen molar-refractivity contribution in [2.75, 3.05) is 13.2 Å². The molecule has 0 aliphatic carbocycles. The Labute approximate surface area is 269 Å². The van der Waals surface area contributed by atoms with Gasteiger partial charge in [-0.2, -0.15) is 14.8 Å². The van der Waals surface area contributed by atoms with Gasteiger partial charge in [-0.3, -0.25) is 18.7 Å². The van der Waals surface area contributed by atoms with Crippen LogP contribution in [0.5, 0.6) is 0 Å². The molecule has 0 aliphatic rings. The van der Waals surface area contributed by atoms with Crippen LogP contribution in [0.3, 0.4) is 0 Å². The molecule has 0 heterocycles. The Hall–Kier alpha value is -0.190. The summed E-state index contributed by atoms with van der Waals surface area (Å²) in [5.74, 6) is -0.133. The predicted molar refractivity (Wildman–Crippen MR) is 160 cm³/mol. The maximum absolute atomic E-state index is 11.4. The normalized spacial score (nSPS) is 10.3. The molecule has 40 heavy (non-hydrogen) atoms. The van der Waals surface area contributed by atoms with E-state index in [0.717, 1.165) is 70.6 Å². The van der Waals surface area contributed by atoms with E-state index in [4.69, 9.17) is 27.0 Å². The van der Waals surface area contributed by atoms with Gasteiger partial charge < -0.3 is 16.4 Å². The Kier molecular flexibility index (Phi) is 45.4. The molecular formula is C30H61NaO8S. The second kappa shape index (κ2) is 38.8. The van der Waals surface area contributed by atoms with Crippen LogP contribution in [-0.2, 0) is 29.5 Å². The fourth-order valence-electron chi connectivity index (χ4n) is 3.54. The van der Waals surface area contributed by atoms with E-state index in [-0.39, 0.29) is 41.5 Å². The molecule has 0 spiro atoms. The molecule has 8 nitrogen and oxygen atoms in total. The Balaban J connectivity index is -0.000000301. The van der Waals surface area contributed by atoms with Crippen LogP contribution in [0.4, 0.5) is 0 Å². The monoisotopic (exact) mass is 604 g/mol. The average molecular weight is 605 g/mol. The smallest absolute Gasteiger partial charge is 0.466 e. The summed E-state index contributed by atoms with van der Waals surface area (Å²) in [5.41, 5.74) is 0. The zero-order chi connectivity index (χ0) is 30.0. The largest absolute Gasteiger partial charge is 1.00 e. The quantitative estimate of drug-likeness (QED) is 0.0459. The summed E-state index contributed by atoms with van der Waals surface area (Å²) in [6, 6.07) is 0. The molecule has 0 amide bonds. The Bertz CT molecular complexity index is 569. The maximum atomic E-state index is 11.4. The van der Waals surface area contributed by atoms with Gasteiger partial charge in [0.25, 0.3) is 0 Å². The predicted octanol–water partition coefficient (Wildman–Crippen LogP) is 5.89. The van der Waals surface area contributed by atoms with Crippen molar-refractivity contribution in [1.82, 2.24) is 0 Å². The number of hydrogen-bond acceptors (Lipinski definition) is 6. The molecule has 0 radical (unpaired) electrons. The second-order valence-corrected chi connectivity index (χ2v) is 10.8. The fourth-order valence-corrected chi connectivity index (χ4v) is 3.54. The molecule has 2 N–H and O–H groups in total. The minimum absolute atomic E-state index is 0. The first kappa shape index (κ1) is 46.8. The van der Waals surface area contributed by atoms with Crippen LogP contribution in [0, 0.1) is 6.92 Å². The van der Waals surface area contributed by atoms with Crippen LogP contribution in [0.2, 0.25) is 0 Å². The molecule has 0 saturated carbocycles. The minimum Gasteiger partial charge on any atom is -0.466 e. The van der Waals surface area contributed by atoms with E-state index in [1.54, 1.807) is 0 Å². The van der Waals surface area contributed by atoms with Gasteiger partial charge in [-0.05, 0) is 25.7 Å². The molecule has 0 aliphatic heterocycles. The minimum atomic E-state index is -4.67. The Morgan fingerprint density at radius 1 is 0.550 bits per heavy atom. The fraction of sp³-hybridized carbons (Fsp3) is 0.900. The summed E-state index contributed by atoms with van der Waals surface area (Å²) in [5, 5.41) is 0. The van der Waals surface area contributed by atoms with Gasteiger partial charge in [-0.25, -0.2) is 0 Å².